The van der Waals surface area contributed by atoms with E-state index in [0.29, 0.717) is 23.9 Å². The van der Waals surface area contributed by atoms with Crippen molar-refractivity contribution in [3.63, 3.8) is 0 Å². The van der Waals surface area contributed by atoms with Gasteiger partial charge in [0.05, 0.1) is 12.2 Å². The van der Waals surface area contributed by atoms with Crippen LogP contribution < -0.4 is 5.32 Å². The van der Waals surface area contributed by atoms with Crippen LogP contribution in [0.5, 0.6) is 0 Å². The highest BCUT2D eigenvalue weighted by atomic mass is 35.5. The van der Waals surface area contributed by atoms with Crippen molar-refractivity contribution < 1.29 is 4.79 Å². The Morgan fingerprint density at radius 1 is 1.26 bits per heavy atom. The maximum absolute atomic E-state index is 12.2. The number of anilines is 1. The predicted octanol–water partition coefficient (Wildman–Crippen LogP) is 4.61. The molecule has 1 aliphatic carbocycles. The zero-order chi connectivity index (χ0) is 16.1. The standard InChI is InChI=1S/C18H22ClN3O/c19-15-6-4-5-14(13-15)9-10-18(23)21-17-11-12-20-22(17)16-7-2-1-3-8-16/h4-6,11-13,16H,1-3,7-10H2,(H,21,23). The van der Waals surface area contributed by atoms with E-state index < -0.39 is 0 Å². The van der Waals surface area contributed by atoms with Crippen molar-refractivity contribution in [2.24, 2.45) is 0 Å². The minimum absolute atomic E-state index is 0.0162. The average Bonchev–Trinajstić information content (AvgIpc) is 3.02. The van der Waals surface area contributed by atoms with Crippen molar-refractivity contribution in [3.05, 3.63) is 47.1 Å². The van der Waals surface area contributed by atoms with Crippen LogP contribution in [0.4, 0.5) is 5.82 Å². The van der Waals surface area contributed by atoms with Gasteiger partial charge in [0.15, 0.2) is 0 Å². The lowest BCUT2D eigenvalue weighted by Crippen LogP contribution is -2.20. The normalized spacial score (nSPS) is 15.5. The van der Waals surface area contributed by atoms with Crippen molar-refractivity contribution in [3.8, 4) is 0 Å². The molecule has 5 heteroatoms. The molecule has 122 valence electrons. The summed E-state index contributed by atoms with van der Waals surface area (Å²) in [5.41, 5.74) is 1.08. The van der Waals surface area contributed by atoms with Crippen molar-refractivity contribution in [2.75, 3.05) is 5.32 Å². The summed E-state index contributed by atoms with van der Waals surface area (Å²) < 4.78 is 1.98. The summed E-state index contributed by atoms with van der Waals surface area (Å²) in [6.07, 6.45) is 8.97. The summed E-state index contributed by atoms with van der Waals surface area (Å²) >= 11 is 5.97. The van der Waals surface area contributed by atoms with E-state index >= 15 is 0 Å². The molecule has 4 nitrogen and oxygen atoms in total. The first kappa shape index (κ1) is 16.1. The van der Waals surface area contributed by atoms with Crippen molar-refractivity contribution in [1.29, 1.82) is 0 Å². The molecule has 3 rings (SSSR count). The minimum atomic E-state index is 0.0162. The van der Waals surface area contributed by atoms with E-state index in [2.05, 4.69) is 10.4 Å². The maximum atomic E-state index is 12.2. The fourth-order valence-electron chi connectivity index (χ4n) is 3.19. The SMILES string of the molecule is O=C(CCc1cccc(Cl)c1)Nc1ccnn1C1CCCCC1. The van der Waals surface area contributed by atoms with Gasteiger partial charge in [-0.05, 0) is 37.0 Å². The van der Waals surface area contributed by atoms with Gasteiger partial charge in [0.25, 0.3) is 0 Å². The average molecular weight is 332 g/mol. The van der Waals surface area contributed by atoms with Gasteiger partial charge in [-0.3, -0.25) is 4.79 Å². The number of benzene rings is 1. The molecule has 1 N–H and O–H groups in total. The van der Waals surface area contributed by atoms with E-state index in [1.807, 2.05) is 35.0 Å². The quantitative estimate of drug-likeness (QED) is 0.869. The Labute approximate surface area is 141 Å². The molecule has 0 atom stereocenters. The third-order valence-corrected chi connectivity index (χ3v) is 4.62. The zero-order valence-corrected chi connectivity index (χ0v) is 13.9. The molecule has 1 saturated carbocycles. The lowest BCUT2D eigenvalue weighted by molar-refractivity contribution is -0.116. The van der Waals surface area contributed by atoms with Crippen LogP contribution in [0.1, 0.15) is 50.1 Å². The molecule has 1 fully saturated rings. The number of halogens is 1. The number of nitrogens with zero attached hydrogens (tertiary/aromatic N) is 2. The van der Waals surface area contributed by atoms with Crippen LogP contribution in [0.2, 0.25) is 5.02 Å². The van der Waals surface area contributed by atoms with Crippen LogP contribution in [0.3, 0.4) is 0 Å². The van der Waals surface area contributed by atoms with Crippen LogP contribution in [0.25, 0.3) is 0 Å². The van der Waals surface area contributed by atoms with Crippen LogP contribution in [0, 0.1) is 0 Å². The first-order chi connectivity index (χ1) is 11.2. The summed E-state index contributed by atoms with van der Waals surface area (Å²) in [5, 5.41) is 8.12. The Morgan fingerprint density at radius 2 is 2.09 bits per heavy atom. The number of rotatable bonds is 5. The fraction of sp³-hybridized carbons (Fsp3) is 0.444. The van der Waals surface area contributed by atoms with E-state index in [1.54, 1.807) is 6.20 Å². The van der Waals surface area contributed by atoms with E-state index in [1.165, 1.54) is 19.3 Å². The Hall–Kier alpha value is -1.81. The Balaban J connectivity index is 1.57. The molecular weight excluding hydrogens is 310 g/mol. The van der Waals surface area contributed by atoms with Gasteiger partial charge < -0.3 is 5.32 Å². The van der Waals surface area contributed by atoms with Crippen LogP contribution >= 0.6 is 11.6 Å². The number of hydrogen-bond acceptors (Lipinski definition) is 2. The van der Waals surface area contributed by atoms with Crippen molar-refractivity contribution in [1.82, 2.24) is 9.78 Å². The number of carbonyl (C=O) groups is 1. The van der Waals surface area contributed by atoms with Gasteiger partial charge in [-0.15, -0.1) is 0 Å². The van der Waals surface area contributed by atoms with Gasteiger partial charge >= 0.3 is 0 Å². The molecule has 0 spiro atoms. The number of hydrogen-bond donors (Lipinski definition) is 1. The monoisotopic (exact) mass is 331 g/mol. The molecule has 1 heterocycles. The molecule has 0 aliphatic heterocycles. The molecule has 1 aliphatic rings. The second kappa shape index (κ2) is 7.64. The highest BCUT2D eigenvalue weighted by Crippen LogP contribution is 2.29. The summed E-state index contributed by atoms with van der Waals surface area (Å²) in [7, 11) is 0. The molecule has 23 heavy (non-hydrogen) atoms. The minimum Gasteiger partial charge on any atom is -0.311 e. The van der Waals surface area contributed by atoms with Gasteiger partial charge in [-0.2, -0.15) is 5.10 Å². The Morgan fingerprint density at radius 3 is 2.87 bits per heavy atom. The lowest BCUT2D eigenvalue weighted by Gasteiger charge is -2.23. The third-order valence-electron chi connectivity index (χ3n) is 4.39. The van der Waals surface area contributed by atoms with Crippen LogP contribution in [-0.2, 0) is 11.2 Å². The van der Waals surface area contributed by atoms with Gasteiger partial charge in [-0.25, -0.2) is 4.68 Å². The van der Waals surface area contributed by atoms with Crippen molar-refractivity contribution >= 4 is 23.3 Å². The molecule has 1 aromatic carbocycles. The molecule has 0 saturated heterocycles. The van der Waals surface area contributed by atoms with E-state index in [4.69, 9.17) is 11.6 Å². The Kier molecular flexibility index (Phi) is 5.34. The van der Waals surface area contributed by atoms with Crippen molar-refractivity contribution in [2.45, 2.75) is 51.0 Å². The van der Waals surface area contributed by atoms with Gasteiger partial charge in [0, 0.05) is 17.5 Å². The maximum Gasteiger partial charge on any atom is 0.225 e. The Bertz CT molecular complexity index is 662. The number of aryl methyl sites for hydroxylation is 1. The number of aromatic nitrogens is 2. The predicted molar refractivity (Wildman–Crippen MR) is 92.8 cm³/mol. The summed E-state index contributed by atoms with van der Waals surface area (Å²) in [6.45, 7) is 0. The largest absolute Gasteiger partial charge is 0.311 e. The first-order valence-electron chi connectivity index (χ1n) is 8.30. The summed E-state index contributed by atoms with van der Waals surface area (Å²) in [6, 6.07) is 9.95. The first-order valence-corrected chi connectivity index (χ1v) is 8.68. The van der Waals surface area contributed by atoms with Gasteiger partial charge in [0.2, 0.25) is 5.91 Å². The molecule has 0 radical (unpaired) electrons. The lowest BCUT2D eigenvalue weighted by atomic mass is 9.96. The molecule has 1 amide bonds. The topological polar surface area (TPSA) is 46.9 Å². The smallest absolute Gasteiger partial charge is 0.225 e. The third kappa shape index (κ3) is 4.35. The molecule has 0 unspecified atom stereocenters. The van der Waals surface area contributed by atoms with E-state index in [-0.39, 0.29) is 5.91 Å². The molecule has 2 aromatic rings. The zero-order valence-electron chi connectivity index (χ0n) is 13.2. The van der Waals surface area contributed by atoms with E-state index in [9.17, 15) is 4.79 Å². The molecule has 1 aromatic heterocycles. The second-order valence-electron chi connectivity index (χ2n) is 6.13. The number of carbonyl (C=O) groups excluding carboxylic acids is 1. The highest BCUT2D eigenvalue weighted by molar-refractivity contribution is 6.30. The summed E-state index contributed by atoms with van der Waals surface area (Å²) in [4.78, 5) is 12.2. The fourth-order valence-corrected chi connectivity index (χ4v) is 3.40. The van der Waals surface area contributed by atoms with Gasteiger partial charge in [0.1, 0.15) is 5.82 Å². The molecular formula is C18H22ClN3O. The van der Waals surface area contributed by atoms with Gasteiger partial charge in [-0.1, -0.05) is 43.0 Å². The van der Waals surface area contributed by atoms with Crippen LogP contribution in [0.15, 0.2) is 36.5 Å². The highest BCUT2D eigenvalue weighted by Gasteiger charge is 2.19. The van der Waals surface area contributed by atoms with E-state index in [0.717, 1.165) is 24.2 Å². The summed E-state index contributed by atoms with van der Waals surface area (Å²) in [5.74, 6) is 0.829. The number of amides is 1. The second-order valence-corrected chi connectivity index (χ2v) is 6.57. The van der Waals surface area contributed by atoms with Crippen LogP contribution in [-0.4, -0.2) is 15.7 Å². The number of nitrogens with one attached hydrogen (secondary N) is 1. The molecule has 0 bridgehead atoms.